The molecule has 1 atom stereocenters. The van der Waals surface area contributed by atoms with E-state index in [4.69, 9.17) is 14.7 Å². The van der Waals surface area contributed by atoms with Gasteiger partial charge in [0.2, 0.25) is 5.88 Å². The molecule has 1 aromatic rings. The molecule has 1 unspecified atom stereocenters. The lowest BCUT2D eigenvalue weighted by Crippen LogP contribution is -2.41. The average molecular weight is 273 g/mol. The first-order valence-corrected chi connectivity index (χ1v) is 7.10. The number of hydrogen-bond donors (Lipinski definition) is 1. The van der Waals surface area contributed by atoms with Gasteiger partial charge in [0.15, 0.2) is 0 Å². The molecule has 106 valence electrons. The fourth-order valence-electron chi connectivity index (χ4n) is 2.97. The molecule has 1 spiro atoms. The number of pyridine rings is 1. The SMILES string of the molecule is Cc1ccc(C#N)c(OC2COC3(CCNCC3)C2)n1. The van der Waals surface area contributed by atoms with Gasteiger partial charge in [0.1, 0.15) is 17.7 Å². The maximum atomic E-state index is 9.12. The Balaban J connectivity index is 1.70. The molecule has 5 heteroatoms. The second-order valence-electron chi connectivity index (χ2n) is 5.61. The van der Waals surface area contributed by atoms with E-state index in [-0.39, 0.29) is 11.7 Å². The van der Waals surface area contributed by atoms with Gasteiger partial charge in [0, 0.05) is 12.1 Å². The highest BCUT2D eigenvalue weighted by molar-refractivity contribution is 5.38. The van der Waals surface area contributed by atoms with Crippen LogP contribution in [0.15, 0.2) is 12.1 Å². The molecule has 0 aromatic carbocycles. The van der Waals surface area contributed by atoms with Crippen molar-refractivity contribution in [2.75, 3.05) is 19.7 Å². The number of piperidine rings is 1. The predicted molar refractivity (Wildman–Crippen MR) is 73.5 cm³/mol. The summed E-state index contributed by atoms with van der Waals surface area (Å²) >= 11 is 0. The van der Waals surface area contributed by atoms with E-state index < -0.39 is 0 Å². The van der Waals surface area contributed by atoms with E-state index in [1.54, 1.807) is 6.07 Å². The molecule has 3 heterocycles. The van der Waals surface area contributed by atoms with Crippen molar-refractivity contribution >= 4 is 0 Å². The van der Waals surface area contributed by atoms with Crippen LogP contribution in [0.25, 0.3) is 0 Å². The van der Waals surface area contributed by atoms with Crippen LogP contribution < -0.4 is 10.1 Å². The van der Waals surface area contributed by atoms with Crippen molar-refractivity contribution in [2.24, 2.45) is 0 Å². The Morgan fingerprint density at radius 2 is 2.25 bits per heavy atom. The Labute approximate surface area is 118 Å². The van der Waals surface area contributed by atoms with E-state index in [1.807, 2.05) is 13.0 Å². The number of aromatic nitrogens is 1. The fraction of sp³-hybridized carbons (Fsp3) is 0.600. The van der Waals surface area contributed by atoms with E-state index in [1.165, 1.54) is 0 Å². The van der Waals surface area contributed by atoms with Gasteiger partial charge < -0.3 is 14.8 Å². The van der Waals surface area contributed by atoms with E-state index in [0.717, 1.165) is 38.0 Å². The highest BCUT2D eigenvalue weighted by Gasteiger charge is 2.42. The summed E-state index contributed by atoms with van der Waals surface area (Å²) in [7, 11) is 0. The quantitative estimate of drug-likeness (QED) is 0.885. The number of ether oxygens (including phenoxy) is 2. The van der Waals surface area contributed by atoms with E-state index in [2.05, 4.69) is 16.4 Å². The summed E-state index contributed by atoms with van der Waals surface area (Å²) < 4.78 is 11.9. The van der Waals surface area contributed by atoms with Crippen molar-refractivity contribution < 1.29 is 9.47 Å². The molecule has 3 rings (SSSR count). The average Bonchev–Trinajstić information content (AvgIpc) is 2.82. The second-order valence-corrected chi connectivity index (χ2v) is 5.61. The maximum Gasteiger partial charge on any atom is 0.232 e. The molecule has 2 saturated heterocycles. The third-order valence-corrected chi connectivity index (χ3v) is 4.09. The summed E-state index contributed by atoms with van der Waals surface area (Å²) in [4.78, 5) is 4.33. The summed E-state index contributed by atoms with van der Waals surface area (Å²) in [5.74, 6) is 0.437. The molecule has 1 aromatic heterocycles. The molecule has 0 bridgehead atoms. The fourth-order valence-corrected chi connectivity index (χ4v) is 2.97. The summed E-state index contributed by atoms with van der Waals surface area (Å²) in [5, 5.41) is 12.5. The normalized spacial score (nSPS) is 24.5. The lowest BCUT2D eigenvalue weighted by Gasteiger charge is -2.32. The molecule has 20 heavy (non-hydrogen) atoms. The highest BCUT2D eigenvalue weighted by atomic mass is 16.6. The van der Waals surface area contributed by atoms with Crippen molar-refractivity contribution in [1.29, 1.82) is 5.26 Å². The van der Waals surface area contributed by atoms with Crippen LogP contribution >= 0.6 is 0 Å². The highest BCUT2D eigenvalue weighted by Crippen LogP contribution is 2.35. The smallest absolute Gasteiger partial charge is 0.232 e. The van der Waals surface area contributed by atoms with E-state index in [9.17, 15) is 0 Å². The first-order valence-electron chi connectivity index (χ1n) is 7.10. The zero-order chi connectivity index (χ0) is 14.0. The van der Waals surface area contributed by atoms with Gasteiger partial charge in [-0.15, -0.1) is 0 Å². The van der Waals surface area contributed by atoms with Gasteiger partial charge in [-0.2, -0.15) is 5.26 Å². The van der Waals surface area contributed by atoms with Gasteiger partial charge in [-0.3, -0.25) is 0 Å². The lowest BCUT2D eigenvalue weighted by molar-refractivity contribution is -0.0205. The topological polar surface area (TPSA) is 67.2 Å². The lowest BCUT2D eigenvalue weighted by atomic mass is 9.89. The number of nitrogens with zero attached hydrogens (tertiary/aromatic N) is 2. The maximum absolute atomic E-state index is 9.12. The largest absolute Gasteiger partial charge is 0.471 e. The van der Waals surface area contributed by atoms with Crippen LogP contribution in [0.5, 0.6) is 5.88 Å². The molecule has 2 aliphatic heterocycles. The molecular formula is C15H19N3O2. The Morgan fingerprint density at radius 1 is 1.45 bits per heavy atom. The van der Waals surface area contributed by atoms with Crippen LogP contribution in [0.3, 0.4) is 0 Å². The molecule has 0 amide bonds. The van der Waals surface area contributed by atoms with Crippen molar-refractivity contribution in [3.8, 4) is 11.9 Å². The molecule has 0 aliphatic carbocycles. The van der Waals surface area contributed by atoms with Crippen molar-refractivity contribution in [3.63, 3.8) is 0 Å². The number of aryl methyl sites for hydroxylation is 1. The zero-order valence-electron chi connectivity index (χ0n) is 11.7. The van der Waals surface area contributed by atoms with Gasteiger partial charge in [0.05, 0.1) is 12.2 Å². The van der Waals surface area contributed by atoms with Crippen LogP contribution in [0.2, 0.25) is 0 Å². The summed E-state index contributed by atoms with van der Waals surface area (Å²) in [6.07, 6.45) is 2.93. The van der Waals surface area contributed by atoms with Crippen molar-refractivity contribution in [3.05, 3.63) is 23.4 Å². The van der Waals surface area contributed by atoms with Gasteiger partial charge in [-0.25, -0.2) is 4.98 Å². The third kappa shape index (κ3) is 2.62. The molecule has 2 fully saturated rings. The standard InChI is InChI=1S/C15H19N3O2/c1-11-2-3-12(9-16)14(18-11)20-13-8-15(19-10-13)4-6-17-7-5-15/h2-3,13,17H,4-8,10H2,1H3. The van der Waals surface area contributed by atoms with Crippen LogP contribution in [0.1, 0.15) is 30.5 Å². The van der Waals surface area contributed by atoms with E-state index >= 15 is 0 Å². The van der Waals surface area contributed by atoms with E-state index in [0.29, 0.717) is 18.1 Å². The Hall–Kier alpha value is -1.64. The van der Waals surface area contributed by atoms with Crippen LogP contribution in [-0.4, -0.2) is 36.4 Å². The second kappa shape index (κ2) is 5.39. The van der Waals surface area contributed by atoms with Gasteiger partial charge in [-0.05, 0) is 45.0 Å². The number of nitrogens with one attached hydrogen (secondary N) is 1. The van der Waals surface area contributed by atoms with Crippen molar-refractivity contribution in [2.45, 2.75) is 37.9 Å². The third-order valence-electron chi connectivity index (χ3n) is 4.09. The summed E-state index contributed by atoms with van der Waals surface area (Å²) in [6.45, 7) is 4.48. The predicted octanol–water partition coefficient (Wildman–Crippen LogP) is 1.55. The number of rotatable bonds is 2. The first kappa shape index (κ1) is 13.3. The molecule has 0 saturated carbocycles. The summed E-state index contributed by atoms with van der Waals surface area (Å²) in [6, 6.07) is 5.71. The molecule has 5 nitrogen and oxygen atoms in total. The molecule has 1 N–H and O–H groups in total. The molecular weight excluding hydrogens is 254 g/mol. The van der Waals surface area contributed by atoms with Gasteiger partial charge in [-0.1, -0.05) is 0 Å². The first-order chi connectivity index (χ1) is 9.71. The minimum absolute atomic E-state index is 0.00509. The Morgan fingerprint density at radius 3 is 3.00 bits per heavy atom. The van der Waals surface area contributed by atoms with Crippen LogP contribution in [-0.2, 0) is 4.74 Å². The monoisotopic (exact) mass is 273 g/mol. The Kier molecular flexibility index (Phi) is 3.60. The van der Waals surface area contributed by atoms with Crippen LogP contribution in [0, 0.1) is 18.3 Å². The number of hydrogen-bond acceptors (Lipinski definition) is 5. The minimum atomic E-state index is -0.0352. The molecule has 2 aliphatic rings. The zero-order valence-corrected chi connectivity index (χ0v) is 11.7. The number of nitriles is 1. The van der Waals surface area contributed by atoms with Crippen LogP contribution in [0.4, 0.5) is 0 Å². The summed E-state index contributed by atoms with van der Waals surface area (Å²) in [5.41, 5.74) is 1.31. The van der Waals surface area contributed by atoms with Crippen molar-refractivity contribution in [1.82, 2.24) is 10.3 Å². The van der Waals surface area contributed by atoms with Gasteiger partial charge in [0.25, 0.3) is 0 Å². The van der Waals surface area contributed by atoms with Gasteiger partial charge >= 0.3 is 0 Å². The Bertz CT molecular complexity index is 532. The molecule has 0 radical (unpaired) electrons. The minimum Gasteiger partial charge on any atom is -0.471 e.